The lowest BCUT2D eigenvalue weighted by Crippen LogP contribution is -2.24. The second-order valence-corrected chi connectivity index (χ2v) is 4.87. The minimum Gasteiger partial charge on any atom is -0.317 e. The molecular formula is C12H16BrN3. The van der Waals surface area contributed by atoms with Gasteiger partial charge in [-0.1, -0.05) is 6.07 Å². The van der Waals surface area contributed by atoms with Gasteiger partial charge in [0, 0.05) is 18.7 Å². The summed E-state index contributed by atoms with van der Waals surface area (Å²) in [6, 6.07) is 4.59. The van der Waals surface area contributed by atoms with Crippen molar-refractivity contribution in [3.05, 3.63) is 34.3 Å². The fraction of sp³-hybridized carbons (Fsp3) is 0.417. The molecular weight excluding hydrogens is 266 g/mol. The van der Waals surface area contributed by atoms with Crippen LogP contribution in [-0.2, 0) is 6.42 Å². The molecule has 0 radical (unpaired) electrons. The Morgan fingerprint density at radius 1 is 1.56 bits per heavy atom. The minimum absolute atomic E-state index is 0.429. The van der Waals surface area contributed by atoms with Crippen molar-refractivity contribution in [1.29, 1.82) is 0 Å². The van der Waals surface area contributed by atoms with E-state index < -0.39 is 0 Å². The molecule has 0 aliphatic rings. The number of imidazole rings is 1. The molecule has 3 nitrogen and oxygen atoms in total. The first-order valence-corrected chi connectivity index (χ1v) is 6.22. The average Bonchev–Trinajstić information content (AvgIpc) is 2.57. The number of aryl methyl sites for hydroxylation is 1. The van der Waals surface area contributed by atoms with E-state index >= 15 is 0 Å². The third kappa shape index (κ3) is 1.99. The van der Waals surface area contributed by atoms with Gasteiger partial charge in [-0.05, 0) is 48.5 Å². The summed E-state index contributed by atoms with van der Waals surface area (Å²) in [5.74, 6) is 1.09. The fourth-order valence-electron chi connectivity index (χ4n) is 1.83. The lowest BCUT2D eigenvalue weighted by Gasteiger charge is -2.08. The van der Waals surface area contributed by atoms with Crippen LogP contribution < -0.4 is 5.32 Å². The standard InChI is InChI=1S/C12H16BrN3/c1-8-5-4-6-16-10(7-9(2)14-3)15-12(13)11(8)16/h4-6,9,14H,7H2,1-3H3. The molecule has 0 saturated carbocycles. The third-order valence-corrected chi connectivity index (χ3v) is 3.43. The van der Waals surface area contributed by atoms with Crippen LogP contribution in [0.2, 0.25) is 0 Å². The zero-order chi connectivity index (χ0) is 11.7. The summed E-state index contributed by atoms with van der Waals surface area (Å²) in [4.78, 5) is 4.58. The van der Waals surface area contributed by atoms with Crippen LogP contribution in [0.5, 0.6) is 0 Å². The summed E-state index contributed by atoms with van der Waals surface area (Å²) in [6.45, 7) is 4.26. The predicted octanol–water partition coefficient (Wildman–Crippen LogP) is 2.56. The van der Waals surface area contributed by atoms with Gasteiger partial charge in [-0.3, -0.25) is 0 Å². The van der Waals surface area contributed by atoms with E-state index in [-0.39, 0.29) is 0 Å². The molecule has 16 heavy (non-hydrogen) atoms. The number of halogens is 1. The molecule has 0 bridgehead atoms. The highest BCUT2D eigenvalue weighted by Crippen LogP contribution is 2.22. The maximum Gasteiger partial charge on any atom is 0.132 e. The number of hydrogen-bond acceptors (Lipinski definition) is 2. The van der Waals surface area contributed by atoms with Crippen molar-refractivity contribution >= 4 is 21.4 Å². The number of rotatable bonds is 3. The molecule has 4 heteroatoms. The van der Waals surface area contributed by atoms with Gasteiger partial charge in [0.2, 0.25) is 0 Å². The van der Waals surface area contributed by atoms with E-state index in [1.54, 1.807) is 0 Å². The van der Waals surface area contributed by atoms with Crippen LogP contribution in [-0.4, -0.2) is 22.5 Å². The maximum absolute atomic E-state index is 4.58. The fourth-order valence-corrected chi connectivity index (χ4v) is 2.54. The van der Waals surface area contributed by atoms with E-state index in [2.05, 4.69) is 62.8 Å². The highest BCUT2D eigenvalue weighted by molar-refractivity contribution is 9.10. The zero-order valence-electron chi connectivity index (χ0n) is 9.79. The zero-order valence-corrected chi connectivity index (χ0v) is 11.4. The van der Waals surface area contributed by atoms with Crippen LogP contribution in [0.1, 0.15) is 18.3 Å². The van der Waals surface area contributed by atoms with E-state index in [1.807, 2.05) is 7.05 Å². The van der Waals surface area contributed by atoms with Crippen molar-refractivity contribution in [3.63, 3.8) is 0 Å². The monoisotopic (exact) mass is 281 g/mol. The Hall–Kier alpha value is -0.870. The Morgan fingerprint density at radius 2 is 2.31 bits per heavy atom. The molecule has 0 aromatic carbocycles. The predicted molar refractivity (Wildman–Crippen MR) is 69.9 cm³/mol. The summed E-state index contributed by atoms with van der Waals surface area (Å²) >= 11 is 3.53. The lowest BCUT2D eigenvalue weighted by atomic mass is 10.2. The van der Waals surface area contributed by atoms with Crippen molar-refractivity contribution in [2.75, 3.05) is 7.05 Å². The normalized spacial score (nSPS) is 13.2. The van der Waals surface area contributed by atoms with Gasteiger partial charge in [0.25, 0.3) is 0 Å². The van der Waals surface area contributed by atoms with E-state index in [9.17, 15) is 0 Å². The van der Waals surface area contributed by atoms with Crippen molar-refractivity contribution in [3.8, 4) is 0 Å². The second-order valence-electron chi connectivity index (χ2n) is 4.12. The first-order valence-electron chi connectivity index (χ1n) is 5.42. The van der Waals surface area contributed by atoms with Crippen LogP contribution in [0.15, 0.2) is 22.9 Å². The van der Waals surface area contributed by atoms with Crippen LogP contribution in [0.25, 0.3) is 5.52 Å². The molecule has 0 amide bonds. The number of hydrogen-bond donors (Lipinski definition) is 1. The highest BCUT2D eigenvalue weighted by atomic mass is 79.9. The summed E-state index contributed by atoms with van der Waals surface area (Å²) in [7, 11) is 1.97. The Kier molecular flexibility index (Phi) is 3.30. The molecule has 2 rings (SSSR count). The van der Waals surface area contributed by atoms with Gasteiger partial charge in [0.15, 0.2) is 0 Å². The van der Waals surface area contributed by atoms with E-state index in [0.717, 1.165) is 16.8 Å². The highest BCUT2D eigenvalue weighted by Gasteiger charge is 2.12. The first-order chi connectivity index (χ1) is 7.63. The molecule has 2 aromatic heterocycles. The molecule has 86 valence electrons. The molecule has 0 fully saturated rings. The Morgan fingerprint density at radius 3 is 3.00 bits per heavy atom. The van der Waals surface area contributed by atoms with Crippen molar-refractivity contribution in [2.45, 2.75) is 26.3 Å². The van der Waals surface area contributed by atoms with E-state index in [4.69, 9.17) is 0 Å². The van der Waals surface area contributed by atoms with Gasteiger partial charge < -0.3 is 9.72 Å². The first kappa shape index (κ1) is 11.6. The average molecular weight is 282 g/mol. The molecule has 0 saturated heterocycles. The van der Waals surface area contributed by atoms with Gasteiger partial charge in [-0.15, -0.1) is 0 Å². The molecule has 0 spiro atoms. The summed E-state index contributed by atoms with van der Waals surface area (Å²) in [6.07, 6.45) is 2.99. The van der Waals surface area contributed by atoms with Crippen molar-refractivity contribution in [1.82, 2.24) is 14.7 Å². The van der Waals surface area contributed by atoms with Crippen molar-refractivity contribution < 1.29 is 0 Å². The number of aromatic nitrogens is 2. The Balaban J connectivity index is 2.51. The molecule has 2 heterocycles. The number of pyridine rings is 1. The minimum atomic E-state index is 0.429. The topological polar surface area (TPSA) is 29.3 Å². The van der Waals surface area contributed by atoms with Gasteiger partial charge in [0.05, 0.1) is 5.52 Å². The molecule has 1 N–H and O–H groups in total. The quantitative estimate of drug-likeness (QED) is 0.937. The Bertz CT molecular complexity index is 504. The number of nitrogens with zero attached hydrogens (tertiary/aromatic N) is 2. The summed E-state index contributed by atoms with van der Waals surface area (Å²) in [5.41, 5.74) is 2.41. The van der Waals surface area contributed by atoms with Gasteiger partial charge >= 0.3 is 0 Å². The molecule has 2 aromatic rings. The number of fused-ring (bicyclic) bond motifs is 1. The lowest BCUT2D eigenvalue weighted by molar-refractivity contribution is 0.589. The Labute approximate surface area is 104 Å². The number of nitrogens with one attached hydrogen (secondary N) is 1. The summed E-state index contributed by atoms with van der Waals surface area (Å²) in [5, 5.41) is 3.23. The molecule has 0 aliphatic carbocycles. The van der Waals surface area contributed by atoms with Gasteiger partial charge in [0.1, 0.15) is 10.4 Å². The maximum atomic E-state index is 4.58. The number of likely N-dealkylation sites (N-methyl/N-ethyl adjacent to an activating group) is 1. The van der Waals surface area contributed by atoms with Crippen molar-refractivity contribution in [2.24, 2.45) is 0 Å². The van der Waals surface area contributed by atoms with Crippen LogP contribution in [0.4, 0.5) is 0 Å². The SMILES string of the molecule is CNC(C)Cc1nc(Br)c2c(C)cccn12. The largest absolute Gasteiger partial charge is 0.317 e. The van der Waals surface area contributed by atoms with Gasteiger partial charge in [-0.25, -0.2) is 4.98 Å². The van der Waals surface area contributed by atoms with Crippen LogP contribution in [0.3, 0.4) is 0 Å². The summed E-state index contributed by atoms with van der Waals surface area (Å²) < 4.78 is 3.09. The van der Waals surface area contributed by atoms with Gasteiger partial charge in [-0.2, -0.15) is 0 Å². The molecule has 1 atom stereocenters. The van der Waals surface area contributed by atoms with E-state index in [1.165, 1.54) is 11.1 Å². The second kappa shape index (κ2) is 4.55. The molecule has 0 aliphatic heterocycles. The smallest absolute Gasteiger partial charge is 0.132 e. The third-order valence-electron chi connectivity index (χ3n) is 2.88. The molecule has 1 unspecified atom stereocenters. The van der Waals surface area contributed by atoms with E-state index in [0.29, 0.717) is 6.04 Å². The van der Waals surface area contributed by atoms with Crippen LogP contribution >= 0.6 is 15.9 Å². The van der Waals surface area contributed by atoms with Crippen LogP contribution in [0, 0.1) is 6.92 Å².